The van der Waals surface area contributed by atoms with Gasteiger partial charge in [0.1, 0.15) is 59.2 Å². The molecule has 2 amide bonds. The van der Waals surface area contributed by atoms with Gasteiger partial charge in [0.2, 0.25) is 0 Å². The number of esters is 1. The zero-order valence-corrected chi connectivity index (χ0v) is 37.0. The van der Waals surface area contributed by atoms with Crippen molar-refractivity contribution >= 4 is 45.6 Å². The Labute approximate surface area is 368 Å². The fraction of sp³-hybridized carbons (Fsp3) is 0.565. The number of rotatable bonds is 8. The van der Waals surface area contributed by atoms with Crippen LogP contribution in [0.2, 0.25) is 0 Å². The van der Waals surface area contributed by atoms with E-state index in [0.29, 0.717) is 24.8 Å². The number of ether oxygens (including phenoxy) is 4. The van der Waals surface area contributed by atoms with Crippen LogP contribution in [0.3, 0.4) is 0 Å². The minimum Gasteiger partial charge on any atom is -0.461 e. The Balaban J connectivity index is 1.28. The number of hydrogen-bond acceptors (Lipinski definition) is 12. The third-order valence-corrected chi connectivity index (χ3v) is 12.8. The Morgan fingerprint density at radius 2 is 1.88 bits per heavy atom. The molecule has 0 saturated carbocycles. The molecule has 6 atom stereocenters. The van der Waals surface area contributed by atoms with Crippen LogP contribution in [0.5, 0.6) is 11.8 Å². The van der Waals surface area contributed by atoms with E-state index in [9.17, 15) is 18.8 Å². The summed E-state index contributed by atoms with van der Waals surface area (Å²) in [5.74, 6) is -2.73. The predicted molar refractivity (Wildman–Crippen MR) is 230 cm³/mol. The van der Waals surface area contributed by atoms with Crippen molar-refractivity contribution in [2.45, 2.75) is 122 Å². The summed E-state index contributed by atoms with van der Waals surface area (Å²) >= 11 is 0. The minimum atomic E-state index is -1.45. The number of benzene rings is 2. The van der Waals surface area contributed by atoms with E-state index < -0.39 is 64.9 Å². The van der Waals surface area contributed by atoms with Gasteiger partial charge in [0.05, 0.1) is 29.6 Å². The summed E-state index contributed by atoms with van der Waals surface area (Å²) in [5.41, 5.74) is -2.90. The van der Waals surface area contributed by atoms with Crippen LogP contribution in [0.4, 0.5) is 33.0 Å². The van der Waals surface area contributed by atoms with Crippen LogP contribution in [-0.4, -0.2) is 112 Å². The third-order valence-electron chi connectivity index (χ3n) is 12.8. The first kappa shape index (κ1) is 45.1. The van der Waals surface area contributed by atoms with Gasteiger partial charge in [-0.2, -0.15) is 9.97 Å². The quantitative estimate of drug-likeness (QED) is 0.100. The van der Waals surface area contributed by atoms with Gasteiger partial charge in [-0.05, 0) is 100 Å². The van der Waals surface area contributed by atoms with Crippen molar-refractivity contribution < 1.29 is 50.9 Å². The standard InChI is InChI=1S/C46H55F4N7O7/c1-7-25(2)36(53-42(59)64-44(3,4)5)40(58)63-29-16-26-11-12-33(49)30-10-8-15-61-43(60)55-45(6)18-27(47)21-56(23-45)39-32-20-51-37(31(17-29)34(26)30)35(50)38(32)52-41(54-39)62-24-46-13-9-14-57(46)22-28(48)19-46/h11-12,16-17,20,25,27-28,36H,7-10,13-15,18-19,21-24H2,1-6H3,(H,53,59)(H,55,60)/t25-,27-,28-,36+,45-,46+/m1/s1. The number of aromatic nitrogens is 3. The van der Waals surface area contributed by atoms with E-state index in [1.807, 2.05) is 6.92 Å². The number of anilines is 1. The summed E-state index contributed by atoms with van der Waals surface area (Å²) in [7, 11) is 0. The number of carbonyl (C=O) groups excluding carboxylic acids is 3. The molecule has 0 unspecified atom stereocenters. The van der Waals surface area contributed by atoms with Gasteiger partial charge in [0, 0.05) is 37.7 Å². The first-order valence-corrected chi connectivity index (χ1v) is 22.0. The van der Waals surface area contributed by atoms with E-state index in [2.05, 4.69) is 25.5 Å². The zero-order chi connectivity index (χ0) is 45.7. The van der Waals surface area contributed by atoms with Crippen LogP contribution in [0.15, 0.2) is 30.5 Å². The van der Waals surface area contributed by atoms with Crippen LogP contribution in [0.25, 0.3) is 32.9 Å². The number of fused-ring (bicyclic) bond motifs is 7. The summed E-state index contributed by atoms with van der Waals surface area (Å²) in [6, 6.07) is 4.23. The summed E-state index contributed by atoms with van der Waals surface area (Å²) < 4.78 is 87.5. The fourth-order valence-electron chi connectivity index (χ4n) is 9.72. The average Bonchev–Trinajstić information content (AvgIpc) is 3.75. The van der Waals surface area contributed by atoms with Crippen LogP contribution in [0, 0.1) is 17.6 Å². The van der Waals surface area contributed by atoms with Gasteiger partial charge in [-0.15, -0.1) is 0 Å². The maximum Gasteiger partial charge on any atom is 0.408 e. The fourth-order valence-corrected chi connectivity index (χ4v) is 9.72. The second-order valence-electron chi connectivity index (χ2n) is 19.0. The van der Waals surface area contributed by atoms with Crippen molar-refractivity contribution in [2.24, 2.45) is 5.92 Å². The van der Waals surface area contributed by atoms with Crippen molar-refractivity contribution in [1.82, 2.24) is 30.5 Å². The number of alkyl halides is 2. The number of alkyl carbamates (subject to hydrolysis) is 2. The van der Waals surface area contributed by atoms with Crippen LogP contribution in [0.1, 0.15) is 85.6 Å². The topological polar surface area (TPSA) is 157 Å². The van der Waals surface area contributed by atoms with Gasteiger partial charge in [0.25, 0.3) is 0 Å². The number of carbonyl (C=O) groups is 3. The second-order valence-corrected chi connectivity index (χ2v) is 19.0. The highest BCUT2D eigenvalue weighted by atomic mass is 19.1. The largest absolute Gasteiger partial charge is 0.461 e. The third kappa shape index (κ3) is 9.20. The number of halogens is 4. The van der Waals surface area contributed by atoms with Crippen molar-refractivity contribution in [3.05, 3.63) is 47.7 Å². The molecule has 2 aromatic heterocycles. The van der Waals surface area contributed by atoms with Gasteiger partial charge in [-0.3, -0.25) is 9.88 Å². The summed E-state index contributed by atoms with van der Waals surface area (Å²) in [6.07, 6.45) is -0.304. The van der Waals surface area contributed by atoms with E-state index in [1.54, 1.807) is 39.5 Å². The molecule has 2 aromatic carbocycles. The second kappa shape index (κ2) is 17.5. The maximum absolute atomic E-state index is 17.7. The number of amides is 2. The van der Waals surface area contributed by atoms with Gasteiger partial charge in [-0.1, -0.05) is 26.3 Å². The molecule has 3 saturated heterocycles. The molecule has 0 aliphatic carbocycles. The first-order chi connectivity index (χ1) is 30.3. The summed E-state index contributed by atoms with van der Waals surface area (Å²) in [5, 5.41) is 6.15. The van der Waals surface area contributed by atoms with Gasteiger partial charge >= 0.3 is 24.2 Å². The SMILES string of the molecule is CC[C@@H](C)[C@H](NC(=O)OC(C)(C)C)C(=O)Oc1cc2c3c(c(F)ccc3c1)CCCOC(=O)N[C@]1(C)C[C@@H](F)CN(C1)c1nc(OC[C@@]34CCCN3C[C@H](F)C4)nc3c(F)c-2ncc13. The molecule has 4 aromatic rings. The lowest BCUT2D eigenvalue weighted by atomic mass is 9.90. The maximum atomic E-state index is 17.7. The van der Waals surface area contributed by atoms with Gasteiger partial charge in [-0.25, -0.2) is 31.9 Å². The van der Waals surface area contributed by atoms with E-state index >= 15 is 13.2 Å². The lowest BCUT2D eigenvalue weighted by molar-refractivity contribution is -0.138. The molecule has 9 rings (SSSR count). The molecular weight excluding hydrogens is 839 g/mol. The first-order valence-electron chi connectivity index (χ1n) is 22.0. The van der Waals surface area contributed by atoms with Crippen molar-refractivity contribution in [1.29, 1.82) is 0 Å². The zero-order valence-electron chi connectivity index (χ0n) is 37.0. The van der Waals surface area contributed by atoms with Crippen molar-refractivity contribution in [3.63, 3.8) is 0 Å². The molecule has 5 aliphatic heterocycles. The number of aryl methyl sites for hydroxylation is 1. The number of nitrogens with one attached hydrogen (secondary N) is 2. The normalized spacial score (nSPS) is 24.8. The summed E-state index contributed by atoms with van der Waals surface area (Å²) in [6.45, 7) is 11.2. The monoisotopic (exact) mass is 893 g/mol. The molecule has 5 aliphatic rings. The smallest absolute Gasteiger partial charge is 0.408 e. The highest BCUT2D eigenvalue weighted by Gasteiger charge is 2.49. The molecule has 3 fully saturated rings. The average molecular weight is 894 g/mol. The molecule has 344 valence electrons. The number of nitrogens with zero attached hydrogens (tertiary/aromatic N) is 5. The number of hydrogen-bond donors (Lipinski definition) is 2. The van der Waals surface area contributed by atoms with E-state index in [0.717, 1.165) is 6.42 Å². The highest BCUT2D eigenvalue weighted by Crippen LogP contribution is 2.43. The van der Waals surface area contributed by atoms with Gasteiger partial charge in [0.15, 0.2) is 5.82 Å². The predicted octanol–water partition coefficient (Wildman–Crippen LogP) is 7.90. The minimum absolute atomic E-state index is 0.0237. The van der Waals surface area contributed by atoms with E-state index in [-0.39, 0.29) is 115 Å². The lowest BCUT2D eigenvalue weighted by Crippen LogP contribution is -2.60. The lowest BCUT2D eigenvalue weighted by Gasteiger charge is -2.42. The van der Waals surface area contributed by atoms with Gasteiger partial charge < -0.3 is 34.5 Å². The van der Waals surface area contributed by atoms with Crippen LogP contribution < -0.4 is 25.0 Å². The van der Waals surface area contributed by atoms with Crippen molar-refractivity contribution in [2.75, 3.05) is 44.3 Å². The highest BCUT2D eigenvalue weighted by molar-refractivity contribution is 6.02. The molecule has 64 heavy (non-hydrogen) atoms. The molecule has 14 nitrogen and oxygen atoms in total. The Hall–Kier alpha value is -5.52. The number of pyridine rings is 1. The molecular formula is C46H55F4N7O7. The van der Waals surface area contributed by atoms with E-state index in [4.69, 9.17) is 23.9 Å². The van der Waals surface area contributed by atoms with Crippen molar-refractivity contribution in [3.8, 4) is 23.0 Å². The Kier molecular flexibility index (Phi) is 12.3. The Morgan fingerprint density at radius 3 is 2.64 bits per heavy atom. The Bertz CT molecular complexity index is 2470. The molecule has 18 heteroatoms. The Morgan fingerprint density at radius 1 is 1.09 bits per heavy atom. The molecule has 0 radical (unpaired) electrons. The molecule has 0 spiro atoms. The summed E-state index contributed by atoms with van der Waals surface area (Å²) in [4.78, 5) is 57.5. The van der Waals surface area contributed by atoms with E-state index in [1.165, 1.54) is 30.5 Å². The van der Waals surface area contributed by atoms with Crippen LogP contribution in [-0.2, 0) is 20.7 Å². The molecule has 7 heterocycles. The number of piperidine rings is 1. The van der Waals surface area contributed by atoms with Crippen LogP contribution >= 0.6 is 0 Å². The molecule has 2 N–H and O–H groups in total. The molecule has 6 bridgehead atoms.